The van der Waals surface area contributed by atoms with Gasteiger partial charge in [0.15, 0.2) is 0 Å². The Morgan fingerprint density at radius 1 is 1.05 bits per heavy atom. The predicted molar refractivity (Wildman–Crippen MR) is 139 cm³/mol. The highest BCUT2D eigenvalue weighted by Crippen LogP contribution is 2.47. The van der Waals surface area contributed by atoms with E-state index in [1.165, 1.54) is 19.1 Å². The molecule has 0 aliphatic heterocycles. The number of aliphatic hydroxyl groups is 1. The van der Waals surface area contributed by atoms with Gasteiger partial charge in [0.25, 0.3) is 10.0 Å². The minimum absolute atomic E-state index is 0.0173. The number of hydrazone groups is 1. The van der Waals surface area contributed by atoms with Gasteiger partial charge in [0, 0.05) is 17.4 Å². The Balaban J connectivity index is 2.15. The lowest BCUT2D eigenvalue weighted by molar-refractivity contribution is -0.163. The molecule has 3 rings (SSSR count). The molecule has 0 bridgehead atoms. The van der Waals surface area contributed by atoms with E-state index in [0.29, 0.717) is 10.6 Å². The fourth-order valence-corrected chi connectivity index (χ4v) is 5.55. The minimum atomic E-state index is -4.08. The fourth-order valence-electron chi connectivity index (χ4n) is 4.59. The average Bonchev–Trinajstić information content (AvgIpc) is 2.83. The third-order valence-electron chi connectivity index (χ3n) is 6.26. The lowest BCUT2D eigenvalue weighted by atomic mass is 9.61. The zero-order chi connectivity index (χ0) is 27.4. The van der Waals surface area contributed by atoms with Crippen LogP contribution < -0.4 is 4.83 Å². The van der Waals surface area contributed by atoms with Crippen LogP contribution in [0.25, 0.3) is 0 Å². The van der Waals surface area contributed by atoms with Crippen molar-refractivity contribution in [3.8, 4) is 0 Å². The fraction of sp³-hybridized carbons (Fsp3) is 0.423. The quantitative estimate of drug-likeness (QED) is 0.379. The highest BCUT2D eigenvalue weighted by molar-refractivity contribution is 7.89. The van der Waals surface area contributed by atoms with E-state index in [-0.39, 0.29) is 30.2 Å². The van der Waals surface area contributed by atoms with Gasteiger partial charge in [-0.1, -0.05) is 41.4 Å². The van der Waals surface area contributed by atoms with Gasteiger partial charge in [-0.05, 0) is 57.5 Å². The first-order valence-corrected chi connectivity index (χ1v) is 13.7. The molecule has 4 atom stereocenters. The first-order chi connectivity index (χ1) is 17.4. The van der Waals surface area contributed by atoms with Crippen LogP contribution in [0.4, 0.5) is 0 Å². The lowest BCUT2D eigenvalue weighted by Crippen LogP contribution is -2.55. The Morgan fingerprint density at radius 3 is 2.19 bits per heavy atom. The molecule has 2 aromatic carbocycles. The number of aryl methyl sites for hydroxylation is 1. The van der Waals surface area contributed by atoms with Crippen molar-refractivity contribution in [2.24, 2.45) is 16.9 Å². The highest BCUT2D eigenvalue weighted by Gasteiger charge is 2.56. The van der Waals surface area contributed by atoms with Crippen LogP contribution in [-0.4, -0.2) is 50.0 Å². The van der Waals surface area contributed by atoms with Crippen molar-refractivity contribution in [3.05, 3.63) is 64.7 Å². The predicted octanol–water partition coefficient (Wildman–Crippen LogP) is 3.58. The summed E-state index contributed by atoms with van der Waals surface area (Å²) in [5.41, 5.74) is -0.311. The first kappa shape index (κ1) is 28.6. The monoisotopic (exact) mass is 550 g/mol. The summed E-state index contributed by atoms with van der Waals surface area (Å²) in [6.45, 7) is 6.65. The van der Waals surface area contributed by atoms with Crippen LogP contribution in [0.15, 0.2) is 58.5 Å². The molecule has 9 nitrogen and oxygen atoms in total. The average molecular weight is 551 g/mol. The summed E-state index contributed by atoms with van der Waals surface area (Å²) >= 11 is 6.07. The number of carbonyl (C=O) groups excluding carboxylic acids is 2. The molecule has 2 aromatic rings. The van der Waals surface area contributed by atoms with E-state index in [4.69, 9.17) is 21.1 Å². The third-order valence-corrected chi connectivity index (χ3v) is 7.74. The van der Waals surface area contributed by atoms with E-state index in [9.17, 15) is 23.1 Å². The maximum absolute atomic E-state index is 13.3. The van der Waals surface area contributed by atoms with Gasteiger partial charge in [0.05, 0.1) is 35.3 Å². The summed E-state index contributed by atoms with van der Waals surface area (Å²) in [7, 11) is -4.08. The molecular weight excluding hydrogens is 520 g/mol. The summed E-state index contributed by atoms with van der Waals surface area (Å²) in [5.74, 6) is -4.73. The van der Waals surface area contributed by atoms with Gasteiger partial charge in [-0.25, -0.2) is 4.83 Å². The second-order valence-corrected chi connectivity index (χ2v) is 11.2. The van der Waals surface area contributed by atoms with E-state index in [1.807, 2.05) is 6.92 Å². The second kappa shape index (κ2) is 11.6. The number of rotatable bonds is 8. The van der Waals surface area contributed by atoms with Crippen LogP contribution in [0.5, 0.6) is 0 Å². The maximum atomic E-state index is 13.3. The zero-order valence-electron chi connectivity index (χ0n) is 21.1. The molecule has 0 spiro atoms. The first-order valence-electron chi connectivity index (χ1n) is 11.9. The Labute approximate surface area is 221 Å². The number of halogens is 1. The Morgan fingerprint density at radius 2 is 1.62 bits per heavy atom. The lowest BCUT2D eigenvalue weighted by Gasteiger charge is -2.45. The molecular formula is C26H31ClN2O7S. The summed E-state index contributed by atoms with van der Waals surface area (Å²) < 4.78 is 36.4. The molecule has 1 saturated carbocycles. The number of sulfonamides is 1. The molecule has 0 unspecified atom stereocenters. The molecule has 0 heterocycles. The Bertz CT molecular complexity index is 1260. The van der Waals surface area contributed by atoms with E-state index in [1.54, 1.807) is 50.2 Å². The van der Waals surface area contributed by atoms with Crippen LogP contribution in [0, 0.1) is 18.8 Å². The van der Waals surface area contributed by atoms with E-state index in [2.05, 4.69) is 9.93 Å². The SMILES string of the molecule is CCOC(=O)[C@@H]1/C(=N\NS(=O)(=O)c2ccc(C)cc2)C[C@](C)(O)[C@H](C(=O)OCC)[C@H]1c1ccc(Cl)cc1. The van der Waals surface area contributed by atoms with Gasteiger partial charge >= 0.3 is 11.9 Å². The van der Waals surface area contributed by atoms with Crippen LogP contribution in [0.1, 0.15) is 44.2 Å². The minimum Gasteiger partial charge on any atom is -0.466 e. The molecule has 2 N–H and O–H groups in total. The number of hydrogen-bond acceptors (Lipinski definition) is 8. The molecule has 0 radical (unpaired) electrons. The number of hydrogen-bond donors (Lipinski definition) is 2. The summed E-state index contributed by atoms with van der Waals surface area (Å²) in [6, 6.07) is 12.6. The van der Waals surface area contributed by atoms with Crippen LogP contribution in [0.3, 0.4) is 0 Å². The van der Waals surface area contributed by atoms with Crippen LogP contribution >= 0.6 is 11.6 Å². The molecule has 11 heteroatoms. The second-order valence-electron chi connectivity index (χ2n) is 9.08. The van der Waals surface area contributed by atoms with Crippen molar-refractivity contribution in [2.45, 2.75) is 50.5 Å². The normalized spacial score (nSPS) is 24.9. The molecule has 200 valence electrons. The van der Waals surface area contributed by atoms with Crippen molar-refractivity contribution in [3.63, 3.8) is 0 Å². The Kier molecular flexibility index (Phi) is 8.99. The number of esters is 2. The van der Waals surface area contributed by atoms with Gasteiger partial charge in [0.2, 0.25) is 0 Å². The smallest absolute Gasteiger partial charge is 0.315 e. The van der Waals surface area contributed by atoms with Gasteiger partial charge < -0.3 is 14.6 Å². The largest absolute Gasteiger partial charge is 0.466 e. The van der Waals surface area contributed by atoms with E-state index >= 15 is 0 Å². The molecule has 1 aliphatic rings. The number of benzene rings is 2. The molecule has 37 heavy (non-hydrogen) atoms. The number of nitrogens with zero attached hydrogens (tertiary/aromatic N) is 1. The van der Waals surface area contributed by atoms with Gasteiger partial charge in [-0.3, -0.25) is 9.59 Å². The standard InChI is InChI=1S/C26H31ClN2O7S/c1-5-35-24(30)22-20(28-29-37(33,34)19-13-7-16(3)8-14-19)15-26(4,32)23(25(31)36-6-2)21(22)17-9-11-18(27)12-10-17/h7-14,21-23,29,32H,5-6,15H2,1-4H3/b28-20-/t21-,22+,23-,26-/m0/s1. The summed E-state index contributed by atoms with van der Waals surface area (Å²) in [6.07, 6.45) is -0.277. The van der Waals surface area contributed by atoms with Crippen molar-refractivity contribution >= 4 is 39.3 Å². The van der Waals surface area contributed by atoms with Crippen molar-refractivity contribution in [1.82, 2.24) is 4.83 Å². The molecule has 0 saturated heterocycles. The van der Waals surface area contributed by atoms with Crippen molar-refractivity contribution in [1.29, 1.82) is 0 Å². The molecule has 1 aliphatic carbocycles. The van der Waals surface area contributed by atoms with Gasteiger partial charge in [-0.15, -0.1) is 0 Å². The maximum Gasteiger partial charge on any atom is 0.315 e. The molecule has 0 amide bonds. The molecule has 1 fully saturated rings. The van der Waals surface area contributed by atoms with Crippen molar-refractivity contribution in [2.75, 3.05) is 13.2 Å². The van der Waals surface area contributed by atoms with Gasteiger partial charge in [-0.2, -0.15) is 13.5 Å². The van der Waals surface area contributed by atoms with Crippen molar-refractivity contribution < 1.29 is 32.6 Å². The Hall–Kier alpha value is -2.95. The van der Waals surface area contributed by atoms with E-state index < -0.39 is 45.3 Å². The number of carbonyl (C=O) groups is 2. The molecule has 0 aromatic heterocycles. The van der Waals surface area contributed by atoms with Crippen LogP contribution in [0.2, 0.25) is 5.02 Å². The zero-order valence-corrected chi connectivity index (χ0v) is 22.7. The number of nitrogens with one attached hydrogen (secondary N) is 1. The van der Waals surface area contributed by atoms with E-state index in [0.717, 1.165) is 5.56 Å². The summed E-state index contributed by atoms with van der Waals surface area (Å²) in [5, 5.41) is 16.0. The highest BCUT2D eigenvalue weighted by atomic mass is 35.5. The van der Waals surface area contributed by atoms with Gasteiger partial charge in [0.1, 0.15) is 5.92 Å². The summed E-state index contributed by atoms with van der Waals surface area (Å²) in [4.78, 5) is 28.6. The third kappa shape index (κ3) is 6.49. The topological polar surface area (TPSA) is 131 Å². The number of ether oxygens (including phenoxy) is 2. The van der Waals surface area contributed by atoms with Crippen LogP contribution in [-0.2, 0) is 29.1 Å².